The first-order chi connectivity index (χ1) is 11.4. The number of hydrogen-bond acceptors (Lipinski definition) is 5. The standard InChI is InChI=1S/C17H17NO5S/c19-16(18-13-8-9-24(21,22)11-13)10-23-17(20)15-7-3-5-12-4-1-2-6-14(12)15/h1-7,13H,8-11H2,(H,18,19)/t13-/m1/s1. The summed E-state index contributed by atoms with van der Waals surface area (Å²) in [6.07, 6.45) is 0.394. The molecule has 3 rings (SSSR count). The Morgan fingerprint density at radius 2 is 1.88 bits per heavy atom. The molecule has 1 heterocycles. The minimum absolute atomic E-state index is 0.0595. The highest BCUT2D eigenvalue weighted by molar-refractivity contribution is 7.91. The molecule has 6 nitrogen and oxygen atoms in total. The van der Waals surface area contributed by atoms with Gasteiger partial charge in [-0.2, -0.15) is 0 Å². The molecule has 1 amide bonds. The Kier molecular flexibility index (Phi) is 4.53. The molecular formula is C17H17NO5S. The molecule has 2 aromatic carbocycles. The van der Waals surface area contributed by atoms with Crippen LogP contribution in [0.4, 0.5) is 0 Å². The van der Waals surface area contributed by atoms with Crippen molar-refractivity contribution in [3.05, 3.63) is 48.0 Å². The molecule has 0 spiro atoms. The number of nitrogens with one attached hydrogen (secondary N) is 1. The molecule has 1 atom stereocenters. The zero-order chi connectivity index (χ0) is 17.2. The molecule has 0 aliphatic carbocycles. The van der Waals surface area contributed by atoms with Gasteiger partial charge in [-0.1, -0.05) is 36.4 Å². The molecule has 1 aliphatic rings. The van der Waals surface area contributed by atoms with Crippen molar-refractivity contribution in [3.8, 4) is 0 Å². The molecule has 1 aliphatic heterocycles. The van der Waals surface area contributed by atoms with Gasteiger partial charge in [0.2, 0.25) is 0 Å². The summed E-state index contributed by atoms with van der Waals surface area (Å²) in [6.45, 7) is -0.432. The predicted molar refractivity (Wildman–Crippen MR) is 89.4 cm³/mol. The first-order valence-corrected chi connectivity index (χ1v) is 9.41. The number of carbonyl (C=O) groups is 2. The van der Waals surface area contributed by atoms with Crippen LogP contribution in [0.3, 0.4) is 0 Å². The lowest BCUT2D eigenvalue weighted by molar-refractivity contribution is -0.124. The summed E-state index contributed by atoms with van der Waals surface area (Å²) in [6, 6.07) is 12.3. The number of rotatable bonds is 4. The molecule has 0 bridgehead atoms. The molecule has 24 heavy (non-hydrogen) atoms. The van der Waals surface area contributed by atoms with Crippen molar-refractivity contribution >= 4 is 32.5 Å². The summed E-state index contributed by atoms with van der Waals surface area (Å²) in [5.74, 6) is -1.06. The van der Waals surface area contributed by atoms with E-state index in [1.807, 2.05) is 30.3 Å². The fraction of sp³-hybridized carbons (Fsp3) is 0.294. The van der Waals surface area contributed by atoms with Crippen molar-refractivity contribution in [1.82, 2.24) is 5.32 Å². The second kappa shape index (κ2) is 6.60. The second-order valence-electron chi connectivity index (χ2n) is 5.77. The van der Waals surface area contributed by atoms with Crippen molar-refractivity contribution in [3.63, 3.8) is 0 Å². The number of amides is 1. The van der Waals surface area contributed by atoms with Gasteiger partial charge in [-0.3, -0.25) is 4.79 Å². The summed E-state index contributed by atoms with van der Waals surface area (Å²) < 4.78 is 27.8. The lowest BCUT2D eigenvalue weighted by atomic mass is 10.1. The van der Waals surface area contributed by atoms with Gasteiger partial charge in [0.05, 0.1) is 17.1 Å². The number of ether oxygens (including phenoxy) is 1. The van der Waals surface area contributed by atoms with Crippen LogP contribution < -0.4 is 5.32 Å². The minimum atomic E-state index is -3.06. The normalized spacial score (nSPS) is 19.1. The molecule has 0 unspecified atom stereocenters. The molecule has 1 N–H and O–H groups in total. The molecule has 126 valence electrons. The first kappa shape index (κ1) is 16.4. The van der Waals surface area contributed by atoms with E-state index in [0.717, 1.165) is 10.8 Å². The highest BCUT2D eigenvalue weighted by Crippen LogP contribution is 2.19. The smallest absolute Gasteiger partial charge is 0.339 e. The van der Waals surface area contributed by atoms with Gasteiger partial charge in [0.15, 0.2) is 16.4 Å². The maximum atomic E-state index is 12.2. The Labute approximate surface area is 139 Å². The van der Waals surface area contributed by atoms with E-state index in [1.165, 1.54) is 0 Å². The Balaban J connectivity index is 1.60. The summed E-state index contributed by atoms with van der Waals surface area (Å²) in [4.78, 5) is 24.0. The first-order valence-electron chi connectivity index (χ1n) is 7.59. The Bertz CT molecular complexity index is 885. The van der Waals surface area contributed by atoms with Gasteiger partial charge in [0.25, 0.3) is 5.91 Å². The number of hydrogen-bond donors (Lipinski definition) is 1. The molecular weight excluding hydrogens is 330 g/mol. The second-order valence-corrected chi connectivity index (χ2v) is 8.00. The van der Waals surface area contributed by atoms with E-state index in [1.54, 1.807) is 12.1 Å². The van der Waals surface area contributed by atoms with Gasteiger partial charge in [-0.05, 0) is 23.3 Å². The topological polar surface area (TPSA) is 89.5 Å². The summed E-state index contributed by atoms with van der Waals surface area (Å²) in [5, 5.41) is 4.25. The van der Waals surface area contributed by atoms with Gasteiger partial charge in [0, 0.05) is 6.04 Å². The fourth-order valence-corrected chi connectivity index (χ4v) is 4.46. The molecule has 2 aromatic rings. The minimum Gasteiger partial charge on any atom is -0.452 e. The van der Waals surface area contributed by atoms with E-state index in [9.17, 15) is 18.0 Å². The number of fused-ring (bicyclic) bond motifs is 1. The fourth-order valence-electron chi connectivity index (χ4n) is 2.79. The number of benzene rings is 2. The van der Waals surface area contributed by atoms with Gasteiger partial charge >= 0.3 is 5.97 Å². The average molecular weight is 347 g/mol. The largest absolute Gasteiger partial charge is 0.452 e. The maximum absolute atomic E-state index is 12.2. The maximum Gasteiger partial charge on any atom is 0.339 e. The highest BCUT2D eigenvalue weighted by atomic mass is 32.2. The number of sulfone groups is 1. The number of esters is 1. The SMILES string of the molecule is O=C(COC(=O)c1cccc2ccccc12)N[C@@H]1CCS(=O)(=O)C1. The molecule has 1 saturated heterocycles. The van der Waals surface area contributed by atoms with Gasteiger partial charge < -0.3 is 10.1 Å². The third-order valence-corrected chi connectivity index (χ3v) is 5.71. The molecule has 7 heteroatoms. The zero-order valence-electron chi connectivity index (χ0n) is 12.9. The van der Waals surface area contributed by atoms with Crippen LogP contribution in [0.15, 0.2) is 42.5 Å². The molecule has 0 saturated carbocycles. The van der Waals surface area contributed by atoms with Crippen molar-refractivity contribution < 1.29 is 22.7 Å². The van der Waals surface area contributed by atoms with Crippen LogP contribution in [0.1, 0.15) is 16.8 Å². The lowest BCUT2D eigenvalue weighted by Crippen LogP contribution is -2.38. The van der Waals surface area contributed by atoms with E-state index in [0.29, 0.717) is 12.0 Å². The quantitative estimate of drug-likeness (QED) is 0.842. The van der Waals surface area contributed by atoms with E-state index >= 15 is 0 Å². The predicted octanol–water partition coefficient (Wildman–Crippen LogP) is 1.30. The van der Waals surface area contributed by atoms with Crippen LogP contribution >= 0.6 is 0 Å². The van der Waals surface area contributed by atoms with Crippen molar-refractivity contribution in [2.45, 2.75) is 12.5 Å². The van der Waals surface area contributed by atoms with Gasteiger partial charge in [-0.15, -0.1) is 0 Å². The Morgan fingerprint density at radius 3 is 2.62 bits per heavy atom. The third-order valence-electron chi connectivity index (χ3n) is 3.94. The molecule has 1 fully saturated rings. The Hall–Kier alpha value is -2.41. The summed E-state index contributed by atoms with van der Waals surface area (Å²) in [5.41, 5.74) is 0.393. The van der Waals surface area contributed by atoms with Gasteiger partial charge in [-0.25, -0.2) is 13.2 Å². The van der Waals surface area contributed by atoms with Crippen LogP contribution in [-0.4, -0.2) is 44.4 Å². The Morgan fingerprint density at radius 1 is 1.12 bits per heavy atom. The van der Waals surface area contributed by atoms with Crippen molar-refractivity contribution in [1.29, 1.82) is 0 Å². The number of carbonyl (C=O) groups excluding carboxylic acids is 2. The lowest BCUT2D eigenvalue weighted by Gasteiger charge is -2.11. The van der Waals surface area contributed by atoms with Crippen LogP contribution in [0.25, 0.3) is 10.8 Å². The van der Waals surface area contributed by atoms with Crippen LogP contribution in [0.5, 0.6) is 0 Å². The van der Waals surface area contributed by atoms with Gasteiger partial charge in [0.1, 0.15) is 0 Å². The van der Waals surface area contributed by atoms with E-state index < -0.39 is 34.4 Å². The summed E-state index contributed by atoms with van der Waals surface area (Å²) >= 11 is 0. The highest BCUT2D eigenvalue weighted by Gasteiger charge is 2.29. The monoisotopic (exact) mass is 347 g/mol. The zero-order valence-corrected chi connectivity index (χ0v) is 13.7. The van der Waals surface area contributed by atoms with Crippen LogP contribution in [0.2, 0.25) is 0 Å². The van der Waals surface area contributed by atoms with E-state index in [4.69, 9.17) is 4.74 Å². The molecule has 0 radical (unpaired) electrons. The molecule has 0 aromatic heterocycles. The third kappa shape index (κ3) is 3.73. The van der Waals surface area contributed by atoms with Crippen LogP contribution in [0, 0.1) is 0 Å². The average Bonchev–Trinajstić information content (AvgIpc) is 2.90. The van der Waals surface area contributed by atoms with Crippen molar-refractivity contribution in [2.24, 2.45) is 0 Å². The van der Waals surface area contributed by atoms with E-state index in [2.05, 4.69) is 5.32 Å². The van der Waals surface area contributed by atoms with Crippen molar-refractivity contribution in [2.75, 3.05) is 18.1 Å². The van der Waals surface area contributed by atoms with E-state index in [-0.39, 0.29) is 11.5 Å². The van der Waals surface area contributed by atoms with Crippen LogP contribution in [-0.2, 0) is 19.4 Å². The summed E-state index contributed by atoms with van der Waals surface area (Å²) in [7, 11) is -3.06.